The molecule has 24 heavy (non-hydrogen) atoms. The quantitative estimate of drug-likeness (QED) is 0.824. The summed E-state index contributed by atoms with van der Waals surface area (Å²) in [6.07, 6.45) is 0. The summed E-state index contributed by atoms with van der Waals surface area (Å²) in [4.78, 5) is 12.0. The average Bonchev–Trinajstić information content (AvgIpc) is 2.60. The van der Waals surface area contributed by atoms with Gasteiger partial charge in [0.05, 0.1) is 10.5 Å². The van der Waals surface area contributed by atoms with Crippen LogP contribution in [0.15, 0.2) is 53.4 Å². The molecular formula is C16H15N3O4S. The van der Waals surface area contributed by atoms with Gasteiger partial charge in [-0.05, 0) is 43.4 Å². The molecule has 0 bridgehead atoms. The molecule has 2 aromatic rings. The van der Waals surface area contributed by atoms with Crippen LogP contribution in [0.3, 0.4) is 0 Å². The van der Waals surface area contributed by atoms with Crippen LogP contribution >= 0.6 is 0 Å². The zero-order chi connectivity index (χ0) is 17.6. The number of anilines is 1. The number of carbonyl (C=O) groups excluding carboxylic acids is 1. The van der Waals surface area contributed by atoms with Gasteiger partial charge >= 0.3 is 0 Å². The Hall–Kier alpha value is -2.89. The Morgan fingerprint density at radius 3 is 2.46 bits per heavy atom. The third kappa shape index (κ3) is 4.32. The highest BCUT2D eigenvalue weighted by Gasteiger charge is 2.11. The standard InChI is InChI=1S/C16H15N3O4S/c1-18-24(21,22)14-8-6-13(7-9-14)19-16(20)11-23-15-5-3-2-4-12(15)10-17/h2-9,18H,11H2,1H3,(H,19,20). The van der Waals surface area contributed by atoms with Gasteiger partial charge in [-0.15, -0.1) is 0 Å². The Balaban J connectivity index is 1.97. The molecule has 2 rings (SSSR count). The second-order valence-corrected chi connectivity index (χ2v) is 6.56. The highest BCUT2D eigenvalue weighted by atomic mass is 32.2. The first-order chi connectivity index (χ1) is 11.5. The van der Waals surface area contributed by atoms with Gasteiger partial charge in [0.25, 0.3) is 5.91 Å². The minimum Gasteiger partial charge on any atom is -0.482 e. The second-order valence-electron chi connectivity index (χ2n) is 4.68. The molecule has 2 aromatic carbocycles. The molecule has 0 fully saturated rings. The number of carbonyl (C=O) groups is 1. The van der Waals surface area contributed by atoms with Crippen molar-refractivity contribution in [2.75, 3.05) is 19.0 Å². The molecule has 8 heteroatoms. The van der Waals surface area contributed by atoms with Gasteiger partial charge in [-0.3, -0.25) is 4.79 Å². The summed E-state index contributed by atoms with van der Waals surface area (Å²) >= 11 is 0. The Morgan fingerprint density at radius 1 is 1.17 bits per heavy atom. The highest BCUT2D eigenvalue weighted by Crippen LogP contribution is 2.17. The van der Waals surface area contributed by atoms with E-state index in [4.69, 9.17) is 10.00 Å². The Morgan fingerprint density at radius 2 is 1.83 bits per heavy atom. The lowest BCUT2D eigenvalue weighted by Crippen LogP contribution is -2.21. The van der Waals surface area contributed by atoms with Gasteiger partial charge in [0.2, 0.25) is 10.0 Å². The smallest absolute Gasteiger partial charge is 0.262 e. The molecule has 124 valence electrons. The van der Waals surface area contributed by atoms with E-state index in [2.05, 4.69) is 10.0 Å². The van der Waals surface area contributed by atoms with Crippen molar-refractivity contribution in [1.82, 2.24) is 4.72 Å². The summed E-state index contributed by atoms with van der Waals surface area (Å²) in [5.41, 5.74) is 0.777. The summed E-state index contributed by atoms with van der Waals surface area (Å²) in [7, 11) is -2.19. The van der Waals surface area contributed by atoms with Crippen molar-refractivity contribution in [2.24, 2.45) is 0 Å². The van der Waals surface area contributed by atoms with Crippen LogP contribution in [-0.4, -0.2) is 28.0 Å². The predicted octanol–water partition coefficient (Wildman–Crippen LogP) is 1.48. The van der Waals surface area contributed by atoms with Crippen molar-refractivity contribution in [2.45, 2.75) is 4.90 Å². The van der Waals surface area contributed by atoms with Crippen LogP contribution in [0.1, 0.15) is 5.56 Å². The number of para-hydroxylation sites is 1. The minimum atomic E-state index is -3.52. The molecule has 0 unspecified atom stereocenters. The zero-order valence-corrected chi connectivity index (χ0v) is 13.6. The fraction of sp³-hybridized carbons (Fsp3) is 0.125. The number of hydrogen-bond acceptors (Lipinski definition) is 5. The van der Waals surface area contributed by atoms with E-state index in [0.717, 1.165) is 0 Å². The van der Waals surface area contributed by atoms with E-state index in [1.54, 1.807) is 24.3 Å². The first kappa shape index (κ1) is 17.5. The lowest BCUT2D eigenvalue weighted by Gasteiger charge is -2.09. The lowest BCUT2D eigenvalue weighted by atomic mass is 10.2. The number of nitrogens with zero attached hydrogens (tertiary/aromatic N) is 1. The minimum absolute atomic E-state index is 0.0993. The van der Waals surface area contributed by atoms with E-state index >= 15 is 0 Å². The number of amides is 1. The molecule has 0 atom stereocenters. The Bertz CT molecular complexity index is 871. The van der Waals surface area contributed by atoms with E-state index in [1.165, 1.54) is 31.3 Å². The SMILES string of the molecule is CNS(=O)(=O)c1ccc(NC(=O)COc2ccccc2C#N)cc1. The maximum absolute atomic E-state index is 11.9. The van der Waals surface area contributed by atoms with Gasteiger partial charge in [0.1, 0.15) is 11.8 Å². The monoisotopic (exact) mass is 345 g/mol. The van der Waals surface area contributed by atoms with Crippen LogP contribution in [0, 0.1) is 11.3 Å². The van der Waals surface area contributed by atoms with Gasteiger partial charge in [0, 0.05) is 5.69 Å². The van der Waals surface area contributed by atoms with Crippen molar-refractivity contribution in [1.29, 1.82) is 5.26 Å². The average molecular weight is 345 g/mol. The maximum Gasteiger partial charge on any atom is 0.262 e. The number of nitrogens with one attached hydrogen (secondary N) is 2. The van der Waals surface area contributed by atoms with Gasteiger partial charge in [-0.25, -0.2) is 13.1 Å². The molecule has 0 aliphatic carbocycles. The van der Waals surface area contributed by atoms with Gasteiger partial charge in [-0.1, -0.05) is 12.1 Å². The van der Waals surface area contributed by atoms with Crippen molar-refractivity contribution in [3.8, 4) is 11.8 Å². The molecule has 0 saturated carbocycles. The van der Waals surface area contributed by atoms with Crippen molar-refractivity contribution < 1.29 is 17.9 Å². The Kier molecular flexibility index (Phi) is 5.52. The first-order valence-electron chi connectivity index (χ1n) is 6.91. The van der Waals surface area contributed by atoms with Crippen LogP contribution in [-0.2, 0) is 14.8 Å². The number of nitriles is 1. The fourth-order valence-electron chi connectivity index (χ4n) is 1.86. The Labute approximate surface area is 139 Å². The second kappa shape index (κ2) is 7.59. The third-order valence-corrected chi connectivity index (χ3v) is 4.51. The molecule has 0 heterocycles. The van der Waals surface area contributed by atoms with Gasteiger partial charge in [0.15, 0.2) is 6.61 Å². The lowest BCUT2D eigenvalue weighted by molar-refractivity contribution is -0.118. The summed E-state index contributed by atoms with van der Waals surface area (Å²) in [5.74, 6) is -0.0995. The van der Waals surface area contributed by atoms with Gasteiger partial charge < -0.3 is 10.1 Å². The van der Waals surface area contributed by atoms with E-state index < -0.39 is 15.9 Å². The van der Waals surface area contributed by atoms with Crippen LogP contribution in [0.5, 0.6) is 5.75 Å². The number of benzene rings is 2. The molecule has 1 amide bonds. The van der Waals surface area contributed by atoms with Crippen LogP contribution < -0.4 is 14.8 Å². The van der Waals surface area contributed by atoms with Gasteiger partial charge in [-0.2, -0.15) is 5.26 Å². The number of hydrogen-bond donors (Lipinski definition) is 2. The highest BCUT2D eigenvalue weighted by molar-refractivity contribution is 7.89. The molecular weight excluding hydrogens is 330 g/mol. The molecule has 0 saturated heterocycles. The molecule has 0 aromatic heterocycles. The topological polar surface area (TPSA) is 108 Å². The van der Waals surface area contributed by atoms with E-state index in [-0.39, 0.29) is 11.5 Å². The first-order valence-corrected chi connectivity index (χ1v) is 8.40. The third-order valence-electron chi connectivity index (χ3n) is 3.08. The maximum atomic E-state index is 11.9. The molecule has 0 aliphatic rings. The summed E-state index contributed by atoms with van der Waals surface area (Å²) in [6.45, 7) is -0.269. The number of sulfonamides is 1. The molecule has 0 radical (unpaired) electrons. The van der Waals surface area contributed by atoms with E-state index in [1.807, 2.05) is 6.07 Å². The predicted molar refractivity (Wildman–Crippen MR) is 88.0 cm³/mol. The van der Waals surface area contributed by atoms with Crippen molar-refractivity contribution >= 4 is 21.6 Å². The number of rotatable bonds is 6. The van der Waals surface area contributed by atoms with E-state index in [0.29, 0.717) is 17.0 Å². The summed E-state index contributed by atoms with van der Waals surface area (Å²) in [5, 5.41) is 11.5. The normalized spacial score (nSPS) is 10.7. The fourth-order valence-corrected chi connectivity index (χ4v) is 2.59. The summed E-state index contributed by atoms with van der Waals surface area (Å²) < 4.78 is 30.7. The molecule has 0 spiro atoms. The van der Waals surface area contributed by atoms with Crippen LogP contribution in [0.4, 0.5) is 5.69 Å². The molecule has 0 aliphatic heterocycles. The number of ether oxygens (including phenoxy) is 1. The van der Waals surface area contributed by atoms with Crippen LogP contribution in [0.25, 0.3) is 0 Å². The van der Waals surface area contributed by atoms with E-state index in [9.17, 15) is 13.2 Å². The van der Waals surface area contributed by atoms with Crippen molar-refractivity contribution in [3.05, 3.63) is 54.1 Å². The van der Waals surface area contributed by atoms with Crippen LogP contribution in [0.2, 0.25) is 0 Å². The summed E-state index contributed by atoms with van der Waals surface area (Å²) in [6, 6.07) is 14.3. The largest absolute Gasteiger partial charge is 0.482 e. The van der Waals surface area contributed by atoms with Crippen molar-refractivity contribution in [3.63, 3.8) is 0 Å². The molecule has 7 nitrogen and oxygen atoms in total. The molecule has 2 N–H and O–H groups in total. The zero-order valence-electron chi connectivity index (χ0n) is 12.8.